The van der Waals surface area contributed by atoms with Crippen LogP contribution in [-0.4, -0.2) is 23.5 Å². The van der Waals surface area contributed by atoms with Crippen LogP contribution in [0, 0.1) is 5.92 Å². The number of carbonyl (C=O) groups is 2. The van der Waals surface area contributed by atoms with Crippen LogP contribution in [0.5, 0.6) is 0 Å². The summed E-state index contributed by atoms with van der Waals surface area (Å²) in [5, 5.41) is 11.3. The highest BCUT2D eigenvalue weighted by atomic mass is 16.4. The van der Waals surface area contributed by atoms with Crippen LogP contribution in [0.2, 0.25) is 0 Å². The maximum atomic E-state index is 11.3. The summed E-state index contributed by atoms with van der Waals surface area (Å²) in [5.41, 5.74) is 0. The first-order valence-electron chi connectivity index (χ1n) is 6.07. The molecule has 4 nitrogen and oxygen atoms in total. The van der Waals surface area contributed by atoms with Crippen LogP contribution in [0.4, 0.5) is 0 Å². The van der Waals surface area contributed by atoms with Gasteiger partial charge in [-0.25, -0.2) is 0 Å². The van der Waals surface area contributed by atoms with Crippen LogP contribution in [0.1, 0.15) is 52.4 Å². The third kappa shape index (κ3) is 8.26. The first kappa shape index (κ1) is 14.9. The Morgan fingerprint density at radius 2 is 1.81 bits per heavy atom. The number of carboxylic acid groups (broad SMARTS) is 1. The molecule has 0 spiro atoms. The number of aliphatic carboxylic acids is 1. The van der Waals surface area contributed by atoms with E-state index in [-0.39, 0.29) is 12.5 Å². The molecule has 1 atom stereocenters. The molecule has 0 bridgehead atoms. The van der Waals surface area contributed by atoms with Crippen molar-refractivity contribution in [3.8, 4) is 0 Å². The highest BCUT2D eigenvalue weighted by Gasteiger charge is 2.11. The molecular weight excluding hydrogens is 206 g/mol. The van der Waals surface area contributed by atoms with E-state index >= 15 is 0 Å². The summed E-state index contributed by atoms with van der Waals surface area (Å²) in [7, 11) is 0. The van der Waals surface area contributed by atoms with Gasteiger partial charge >= 0.3 is 5.97 Å². The maximum absolute atomic E-state index is 11.3. The molecule has 0 aliphatic rings. The maximum Gasteiger partial charge on any atom is 0.308 e. The van der Waals surface area contributed by atoms with Gasteiger partial charge in [0.05, 0.1) is 5.92 Å². The van der Waals surface area contributed by atoms with Gasteiger partial charge < -0.3 is 10.4 Å². The summed E-state index contributed by atoms with van der Waals surface area (Å²) in [6, 6.07) is 0. The van der Waals surface area contributed by atoms with Crippen LogP contribution in [0.25, 0.3) is 0 Å². The Morgan fingerprint density at radius 3 is 2.38 bits per heavy atom. The van der Waals surface area contributed by atoms with Crippen LogP contribution >= 0.6 is 0 Å². The molecule has 94 valence electrons. The molecule has 0 aliphatic heterocycles. The van der Waals surface area contributed by atoms with E-state index in [9.17, 15) is 9.59 Å². The van der Waals surface area contributed by atoms with Crippen molar-refractivity contribution in [1.82, 2.24) is 5.32 Å². The largest absolute Gasteiger partial charge is 0.481 e. The number of carbonyl (C=O) groups excluding carboxylic acids is 1. The molecule has 0 saturated heterocycles. The van der Waals surface area contributed by atoms with E-state index < -0.39 is 11.9 Å². The first-order chi connectivity index (χ1) is 7.57. The van der Waals surface area contributed by atoms with Crippen molar-refractivity contribution in [2.24, 2.45) is 5.92 Å². The zero-order valence-electron chi connectivity index (χ0n) is 10.3. The van der Waals surface area contributed by atoms with Crippen molar-refractivity contribution in [3.63, 3.8) is 0 Å². The van der Waals surface area contributed by atoms with Gasteiger partial charge in [0, 0.05) is 13.0 Å². The highest BCUT2D eigenvalue weighted by molar-refractivity contribution is 5.77. The van der Waals surface area contributed by atoms with Gasteiger partial charge in [-0.1, -0.05) is 39.5 Å². The summed E-state index contributed by atoms with van der Waals surface area (Å²) in [4.78, 5) is 21.8. The molecule has 1 amide bonds. The molecular formula is C12H23NO3. The number of nitrogens with one attached hydrogen (secondary N) is 1. The first-order valence-corrected chi connectivity index (χ1v) is 6.07. The summed E-state index contributed by atoms with van der Waals surface area (Å²) >= 11 is 0. The fraction of sp³-hybridized carbons (Fsp3) is 0.833. The summed E-state index contributed by atoms with van der Waals surface area (Å²) in [5.74, 6) is -1.42. The average molecular weight is 229 g/mol. The second-order valence-electron chi connectivity index (χ2n) is 4.21. The fourth-order valence-electron chi connectivity index (χ4n) is 1.33. The molecule has 0 aliphatic carbocycles. The van der Waals surface area contributed by atoms with Crippen molar-refractivity contribution in [3.05, 3.63) is 0 Å². The topological polar surface area (TPSA) is 66.4 Å². The quantitative estimate of drug-likeness (QED) is 0.595. The lowest BCUT2D eigenvalue weighted by Crippen LogP contribution is -2.31. The van der Waals surface area contributed by atoms with Crippen LogP contribution < -0.4 is 5.32 Å². The number of hydrogen-bond donors (Lipinski definition) is 2. The molecule has 0 rings (SSSR count). The molecule has 0 aromatic heterocycles. The van der Waals surface area contributed by atoms with E-state index in [1.807, 2.05) is 0 Å². The fourth-order valence-corrected chi connectivity index (χ4v) is 1.33. The molecule has 2 N–H and O–H groups in total. The molecule has 1 unspecified atom stereocenters. The van der Waals surface area contributed by atoms with Gasteiger partial charge in [0.15, 0.2) is 0 Å². The van der Waals surface area contributed by atoms with E-state index in [2.05, 4.69) is 12.2 Å². The Balaban J connectivity index is 3.41. The minimum atomic E-state index is -0.872. The Labute approximate surface area is 97.4 Å². The van der Waals surface area contributed by atoms with Crippen LogP contribution in [0.15, 0.2) is 0 Å². The van der Waals surface area contributed by atoms with Gasteiger partial charge in [0.25, 0.3) is 0 Å². The smallest absolute Gasteiger partial charge is 0.308 e. The molecule has 4 heteroatoms. The minimum Gasteiger partial charge on any atom is -0.481 e. The Kier molecular flexibility index (Phi) is 8.58. The molecule has 0 fully saturated rings. The SMILES string of the molecule is CCCCCCCC(=O)NCC(C)C(=O)O. The molecule has 0 aromatic carbocycles. The standard InChI is InChI=1S/C12H23NO3/c1-3-4-5-6-7-8-11(14)13-9-10(2)12(15)16/h10H,3-9H2,1-2H3,(H,13,14)(H,15,16). The van der Waals surface area contributed by atoms with E-state index in [0.717, 1.165) is 12.8 Å². The predicted octanol–water partition coefficient (Wildman–Crippen LogP) is 2.18. The van der Waals surface area contributed by atoms with Crippen LogP contribution in [0.3, 0.4) is 0 Å². The summed E-state index contributed by atoms with van der Waals surface area (Å²) < 4.78 is 0. The predicted molar refractivity (Wildman–Crippen MR) is 63.2 cm³/mol. The zero-order valence-corrected chi connectivity index (χ0v) is 10.3. The third-order valence-corrected chi connectivity index (χ3v) is 2.53. The van der Waals surface area contributed by atoms with Crippen molar-refractivity contribution < 1.29 is 14.7 Å². The Hall–Kier alpha value is -1.06. The van der Waals surface area contributed by atoms with E-state index in [1.54, 1.807) is 6.92 Å². The molecule has 16 heavy (non-hydrogen) atoms. The Bertz CT molecular complexity index is 216. The van der Waals surface area contributed by atoms with Gasteiger partial charge in [-0.15, -0.1) is 0 Å². The monoisotopic (exact) mass is 229 g/mol. The number of carboxylic acids is 1. The lowest BCUT2D eigenvalue weighted by atomic mass is 10.1. The van der Waals surface area contributed by atoms with E-state index in [0.29, 0.717) is 6.42 Å². The second-order valence-corrected chi connectivity index (χ2v) is 4.21. The van der Waals surface area contributed by atoms with Gasteiger partial charge in [0.1, 0.15) is 0 Å². The van der Waals surface area contributed by atoms with Gasteiger partial charge in [-0.2, -0.15) is 0 Å². The second kappa shape index (κ2) is 9.19. The third-order valence-electron chi connectivity index (χ3n) is 2.53. The Morgan fingerprint density at radius 1 is 1.19 bits per heavy atom. The number of unbranched alkanes of at least 4 members (excludes halogenated alkanes) is 4. The number of hydrogen-bond acceptors (Lipinski definition) is 2. The number of amides is 1. The summed E-state index contributed by atoms with van der Waals surface area (Å²) in [6.07, 6.45) is 6.08. The normalized spacial score (nSPS) is 12.1. The summed E-state index contributed by atoms with van der Waals surface area (Å²) in [6.45, 7) is 3.97. The molecule has 0 aromatic rings. The zero-order chi connectivity index (χ0) is 12.4. The minimum absolute atomic E-state index is 0.0374. The van der Waals surface area contributed by atoms with Crippen molar-refractivity contribution in [2.45, 2.75) is 52.4 Å². The van der Waals surface area contributed by atoms with Gasteiger partial charge in [0.2, 0.25) is 5.91 Å². The average Bonchev–Trinajstić information content (AvgIpc) is 2.25. The lowest BCUT2D eigenvalue weighted by molar-refractivity contribution is -0.141. The van der Waals surface area contributed by atoms with Crippen molar-refractivity contribution in [1.29, 1.82) is 0 Å². The number of rotatable bonds is 9. The van der Waals surface area contributed by atoms with E-state index in [4.69, 9.17) is 5.11 Å². The van der Waals surface area contributed by atoms with E-state index in [1.165, 1.54) is 19.3 Å². The van der Waals surface area contributed by atoms with Gasteiger partial charge in [-0.05, 0) is 6.42 Å². The highest BCUT2D eigenvalue weighted by Crippen LogP contribution is 2.04. The lowest BCUT2D eigenvalue weighted by Gasteiger charge is -2.08. The van der Waals surface area contributed by atoms with Crippen molar-refractivity contribution in [2.75, 3.05) is 6.54 Å². The van der Waals surface area contributed by atoms with Crippen molar-refractivity contribution >= 4 is 11.9 Å². The molecule has 0 saturated carbocycles. The van der Waals surface area contributed by atoms with Crippen LogP contribution in [-0.2, 0) is 9.59 Å². The molecule has 0 radical (unpaired) electrons. The molecule has 0 heterocycles. The van der Waals surface area contributed by atoms with Gasteiger partial charge in [-0.3, -0.25) is 9.59 Å².